The second kappa shape index (κ2) is 4.17. The second-order valence-electron chi connectivity index (χ2n) is 0.436. The largest absolute Gasteiger partial charge is 0.620 e. The van der Waals surface area contributed by atoms with Crippen LogP contribution >= 0.6 is 0 Å². The molecule has 0 aromatic heterocycles. The van der Waals surface area contributed by atoms with E-state index >= 15 is 0 Å². The molecule has 0 atom stereocenters. The van der Waals surface area contributed by atoms with Crippen LogP contribution in [-0.4, -0.2) is 0 Å². The first kappa shape index (κ1) is 8.26. The Morgan fingerprint density at radius 2 is 1.14 bits per heavy atom. The number of rotatable bonds is 2. The van der Waals surface area contributed by atoms with Gasteiger partial charge < -0.3 is 13.7 Å². The standard InChI is InChI=1S/I2O5/c3-1(4)7-2(5)6. The van der Waals surface area contributed by atoms with Gasteiger partial charge in [-0.3, -0.25) is 0 Å². The van der Waals surface area contributed by atoms with Gasteiger partial charge in [0.15, 0.2) is 0 Å². The van der Waals surface area contributed by atoms with E-state index in [0.717, 1.165) is 0 Å². The molecule has 0 aliphatic heterocycles. The van der Waals surface area contributed by atoms with Crippen molar-refractivity contribution in [1.82, 2.24) is 0 Å². The third-order valence-electron chi connectivity index (χ3n) is 0.0952. The molecule has 0 saturated carbocycles. The Kier molecular flexibility index (Phi) is 4.92. The molecule has 7 heteroatoms. The van der Waals surface area contributed by atoms with Crippen LogP contribution in [0.2, 0.25) is 0 Å². The van der Waals surface area contributed by atoms with Gasteiger partial charge in [0.25, 0.3) is 0 Å². The van der Waals surface area contributed by atoms with Crippen LogP contribution in [0.3, 0.4) is 0 Å². The summed E-state index contributed by atoms with van der Waals surface area (Å²) in [5.74, 6) is 0. The molecule has 0 unspecified atom stereocenters. The summed E-state index contributed by atoms with van der Waals surface area (Å²) in [4.78, 5) is 0. The molecular formula is I2O5. The van der Waals surface area contributed by atoms with Crippen LogP contribution in [0.5, 0.6) is 0 Å². The molecule has 0 aromatic carbocycles. The topological polar surface area (TPSA) is 101 Å². The summed E-state index contributed by atoms with van der Waals surface area (Å²) in [6, 6.07) is 0. The van der Waals surface area contributed by atoms with E-state index in [1.807, 2.05) is 0 Å². The van der Waals surface area contributed by atoms with Gasteiger partial charge >= 0.3 is 43.5 Å². The highest BCUT2D eigenvalue weighted by molar-refractivity contribution is 2.38. The highest BCUT2D eigenvalue weighted by Crippen LogP contribution is 0.695. The summed E-state index contributed by atoms with van der Waals surface area (Å²) in [5.41, 5.74) is 0. The van der Waals surface area contributed by atoms with Crippen LogP contribution in [0.15, 0.2) is 0 Å². The van der Waals surface area contributed by atoms with Crippen molar-refractivity contribution in [3.05, 3.63) is 0 Å². The molecule has 7 heavy (non-hydrogen) atoms. The molecule has 0 amide bonds. The molecule has 0 aliphatic carbocycles. The average molecular weight is 334 g/mol. The Hall–Kier alpha value is 1.26. The summed E-state index contributed by atoms with van der Waals surface area (Å²) in [7, 11) is 0. The molecule has 0 saturated heterocycles. The molecule has 0 radical (unpaired) electrons. The van der Waals surface area contributed by atoms with Crippen LogP contribution in [0.25, 0.3) is 0 Å². The van der Waals surface area contributed by atoms with Crippen molar-refractivity contribution in [2.75, 3.05) is 0 Å². The van der Waals surface area contributed by atoms with Crippen molar-refractivity contribution in [2.45, 2.75) is 0 Å². The van der Waals surface area contributed by atoms with Gasteiger partial charge in [0.1, 0.15) is 0 Å². The lowest BCUT2D eigenvalue weighted by molar-refractivity contribution is -1.80. The Morgan fingerprint density at radius 1 is 0.857 bits per heavy atom. The Balaban J connectivity index is 2.95. The number of hydrogen-bond donors (Lipinski definition) is 0. The number of halogens is 2. The van der Waals surface area contributed by atoms with E-state index in [1.54, 1.807) is 0 Å². The van der Waals surface area contributed by atoms with Crippen molar-refractivity contribution in [2.24, 2.45) is 0 Å². The van der Waals surface area contributed by atoms with E-state index < -0.39 is 42.1 Å². The fourth-order valence-corrected chi connectivity index (χ4v) is 1.75. The van der Waals surface area contributed by atoms with Crippen molar-refractivity contribution in [3.8, 4) is 0 Å². The molecule has 0 aromatic rings. The quantitative estimate of drug-likeness (QED) is 0.467. The third-order valence-corrected chi connectivity index (χ3v) is 4.29. The van der Waals surface area contributed by atoms with E-state index in [9.17, 15) is 13.7 Å². The molecule has 0 N–H and O–H groups in total. The zero-order chi connectivity index (χ0) is 5.86. The summed E-state index contributed by atoms with van der Waals surface area (Å²) < 4.78 is 40.8. The molecule has 0 bridgehead atoms. The van der Waals surface area contributed by atoms with Crippen molar-refractivity contribution < 1.29 is 57.3 Å². The summed E-state index contributed by atoms with van der Waals surface area (Å²) in [5, 5.41) is 0. The van der Waals surface area contributed by atoms with E-state index in [4.69, 9.17) is 0 Å². The van der Waals surface area contributed by atoms with Crippen molar-refractivity contribution in [1.29, 1.82) is 0 Å². The minimum Gasteiger partial charge on any atom is -0.389 e. The van der Waals surface area contributed by atoms with Crippen LogP contribution in [0.1, 0.15) is 0 Å². The first-order valence-electron chi connectivity index (χ1n) is 0.926. The van der Waals surface area contributed by atoms with Crippen molar-refractivity contribution in [3.63, 3.8) is 0 Å². The first-order valence-corrected chi connectivity index (χ1v) is 6.21. The fourth-order valence-electron chi connectivity index (χ4n) is 0.0389. The van der Waals surface area contributed by atoms with E-state index in [-0.39, 0.29) is 0 Å². The maximum atomic E-state index is 9.36. The molecule has 0 heterocycles. The Bertz CT molecular complexity index is 35.3. The Labute approximate surface area is 57.0 Å². The van der Waals surface area contributed by atoms with Crippen LogP contribution in [-0.2, 0) is 1.40 Å². The van der Waals surface area contributed by atoms with Gasteiger partial charge in [0.05, 0.1) is 0 Å². The summed E-state index contributed by atoms with van der Waals surface area (Å²) in [6.45, 7) is 0. The lowest BCUT2D eigenvalue weighted by Gasteiger charge is -1.78. The minimum absolute atomic E-state index is 3.34. The predicted molar refractivity (Wildman–Crippen MR) is 1.08 cm³/mol. The highest BCUT2D eigenvalue weighted by atomic mass is 127. The smallest absolute Gasteiger partial charge is 0.389 e. The predicted octanol–water partition coefficient (Wildman–Crippen LogP) is -10.8. The van der Waals surface area contributed by atoms with Gasteiger partial charge in [0.2, 0.25) is 0 Å². The molecular weight excluding hydrogens is 334 g/mol. The second-order valence-corrected chi connectivity index (χ2v) is 5.16. The fraction of sp³-hybridized carbons (Fsp3) is 0. The molecule has 0 spiro atoms. The summed E-state index contributed by atoms with van der Waals surface area (Å²) >= 11 is -7.85. The summed E-state index contributed by atoms with van der Waals surface area (Å²) in [6.07, 6.45) is 0. The zero-order valence-electron chi connectivity index (χ0n) is 2.80. The van der Waals surface area contributed by atoms with Gasteiger partial charge in [0, 0.05) is 0 Å². The molecule has 0 rings (SSSR count). The lowest BCUT2D eigenvalue weighted by atomic mass is 16.0. The molecule has 0 fully saturated rings. The van der Waals surface area contributed by atoms with Gasteiger partial charge in [-0.1, -0.05) is 0 Å². The van der Waals surface area contributed by atoms with Crippen LogP contribution in [0.4, 0.5) is 0 Å². The number of hydrogen-bond acceptors (Lipinski definition) is 5. The van der Waals surface area contributed by atoms with Crippen LogP contribution in [0, 0.1) is 0 Å². The highest BCUT2D eigenvalue weighted by Gasteiger charge is 2.34. The lowest BCUT2D eigenvalue weighted by Crippen LogP contribution is -4.16. The van der Waals surface area contributed by atoms with Gasteiger partial charge in [-0.15, -0.1) is 0 Å². The maximum Gasteiger partial charge on any atom is 0.620 e. The van der Waals surface area contributed by atoms with Gasteiger partial charge in [-0.2, -0.15) is 0 Å². The maximum absolute atomic E-state index is 9.36. The minimum atomic E-state index is -3.92. The Morgan fingerprint density at radius 3 is 1.14 bits per heavy atom. The first-order chi connectivity index (χ1) is 3.13. The third kappa shape index (κ3) is 7.26. The van der Waals surface area contributed by atoms with E-state index in [2.05, 4.69) is 1.40 Å². The van der Waals surface area contributed by atoms with Crippen LogP contribution < -0.4 is 55.9 Å². The molecule has 0 aliphatic rings. The molecule has 44 valence electrons. The molecule has 5 nitrogen and oxygen atoms in total. The van der Waals surface area contributed by atoms with Gasteiger partial charge in [-0.25, -0.2) is 0 Å². The normalized spacial score (nSPS) is 11.1. The SMILES string of the molecule is [O-][I+2]([O-])O[I+2]([O-])[O-]. The zero-order valence-corrected chi connectivity index (χ0v) is 7.11. The van der Waals surface area contributed by atoms with E-state index in [0.29, 0.717) is 0 Å². The monoisotopic (exact) mass is 334 g/mol. The van der Waals surface area contributed by atoms with Gasteiger partial charge in [-0.05, 0) is 0 Å². The van der Waals surface area contributed by atoms with Crippen molar-refractivity contribution >= 4 is 0 Å². The average Bonchev–Trinajstić information content (AvgIpc) is 1.27. The van der Waals surface area contributed by atoms with E-state index in [1.165, 1.54) is 0 Å².